The van der Waals surface area contributed by atoms with Crippen LogP contribution in [0.4, 0.5) is 0 Å². The van der Waals surface area contributed by atoms with Crippen LogP contribution in [0.15, 0.2) is 0 Å². The molecule has 0 aromatic carbocycles. The second kappa shape index (κ2) is 5.90. The standard InChI is InChI=1S/C6H12O6S/c7-6(12-8)4-2-1-3-5-13(9,10)11/h8H,1-5H2,(H,9,10,11). The molecular weight excluding hydrogens is 200 g/mol. The lowest BCUT2D eigenvalue weighted by molar-refractivity contribution is -0.234. The van der Waals surface area contributed by atoms with Crippen molar-refractivity contribution in [1.82, 2.24) is 0 Å². The summed E-state index contributed by atoms with van der Waals surface area (Å²) in [6, 6.07) is 0. The fourth-order valence-corrected chi connectivity index (χ4v) is 1.35. The smallest absolute Gasteiger partial charge is 0.301 e. The van der Waals surface area contributed by atoms with Crippen LogP contribution in [-0.4, -0.2) is 29.9 Å². The molecular formula is C6H12O6S. The number of carbonyl (C=O) groups is 1. The maximum Gasteiger partial charge on any atom is 0.342 e. The molecule has 0 heterocycles. The van der Waals surface area contributed by atoms with E-state index in [4.69, 9.17) is 9.81 Å². The van der Waals surface area contributed by atoms with Gasteiger partial charge in [-0.25, -0.2) is 4.79 Å². The monoisotopic (exact) mass is 212 g/mol. The van der Waals surface area contributed by atoms with Gasteiger partial charge >= 0.3 is 5.97 Å². The largest absolute Gasteiger partial charge is 0.342 e. The molecule has 13 heavy (non-hydrogen) atoms. The maximum atomic E-state index is 10.3. The zero-order valence-corrected chi connectivity index (χ0v) is 7.79. The van der Waals surface area contributed by atoms with Crippen LogP contribution < -0.4 is 0 Å². The summed E-state index contributed by atoms with van der Waals surface area (Å²) in [5.41, 5.74) is 0. The van der Waals surface area contributed by atoms with Crippen molar-refractivity contribution < 1.29 is 27.9 Å². The molecule has 0 aliphatic heterocycles. The molecule has 6 nitrogen and oxygen atoms in total. The summed E-state index contributed by atoms with van der Waals surface area (Å²) in [6.45, 7) is 0. The van der Waals surface area contributed by atoms with Crippen molar-refractivity contribution in [2.45, 2.75) is 25.7 Å². The van der Waals surface area contributed by atoms with Gasteiger partial charge in [-0.1, -0.05) is 6.42 Å². The van der Waals surface area contributed by atoms with Crippen molar-refractivity contribution in [1.29, 1.82) is 0 Å². The zero-order valence-electron chi connectivity index (χ0n) is 6.97. The Kier molecular flexibility index (Phi) is 5.60. The van der Waals surface area contributed by atoms with Crippen molar-refractivity contribution in [3.05, 3.63) is 0 Å². The van der Waals surface area contributed by atoms with E-state index in [1.54, 1.807) is 0 Å². The Labute approximate surface area is 76.2 Å². The van der Waals surface area contributed by atoms with E-state index < -0.39 is 16.1 Å². The van der Waals surface area contributed by atoms with Gasteiger partial charge in [0, 0.05) is 6.42 Å². The van der Waals surface area contributed by atoms with E-state index in [-0.39, 0.29) is 18.6 Å². The van der Waals surface area contributed by atoms with Crippen LogP contribution in [0.3, 0.4) is 0 Å². The van der Waals surface area contributed by atoms with E-state index >= 15 is 0 Å². The normalized spacial score (nSPS) is 11.2. The van der Waals surface area contributed by atoms with Crippen molar-refractivity contribution in [2.24, 2.45) is 0 Å². The third-order valence-corrected chi connectivity index (χ3v) is 2.19. The van der Waals surface area contributed by atoms with Crippen molar-refractivity contribution in [2.75, 3.05) is 5.75 Å². The van der Waals surface area contributed by atoms with Crippen molar-refractivity contribution >= 4 is 16.1 Å². The molecule has 0 saturated carbocycles. The third-order valence-electron chi connectivity index (χ3n) is 1.39. The highest BCUT2D eigenvalue weighted by atomic mass is 32.2. The highest BCUT2D eigenvalue weighted by Gasteiger charge is 2.05. The van der Waals surface area contributed by atoms with Crippen molar-refractivity contribution in [3.8, 4) is 0 Å². The maximum absolute atomic E-state index is 10.3. The first-order valence-electron chi connectivity index (χ1n) is 3.75. The van der Waals surface area contributed by atoms with Crippen LogP contribution in [0.5, 0.6) is 0 Å². The Bertz CT molecular complexity index is 244. The average molecular weight is 212 g/mol. The number of hydrogen-bond donors (Lipinski definition) is 2. The van der Waals surface area contributed by atoms with Crippen molar-refractivity contribution in [3.63, 3.8) is 0 Å². The summed E-state index contributed by atoms with van der Waals surface area (Å²) in [5.74, 6) is -1.05. The molecule has 0 fully saturated rings. The Morgan fingerprint density at radius 2 is 1.85 bits per heavy atom. The summed E-state index contributed by atoms with van der Waals surface area (Å²) >= 11 is 0. The summed E-state index contributed by atoms with van der Waals surface area (Å²) in [6.07, 6.45) is 1.24. The Hall–Kier alpha value is -0.660. The molecule has 0 unspecified atom stereocenters. The predicted molar refractivity (Wildman–Crippen MR) is 43.6 cm³/mol. The third kappa shape index (κ3) is 9.25. The van der Waals surface area contributed by atoms with E-state index in [1.807, 2.05) is 0 Å². The van der Waals surface area contributed by atoms with E-state index in [0.29, 0.717) is 12.8 Å². The first-order chi connectivity index (χ1) is 5.95. The van der Waals surface area contributed by atoms with Gasteiger partial charge in [0.1, 0.15) is 0 Å². The van der Waals surface area contributed by atoms with Crippen LogP contribution in [0.1, 0.15) is 25.7 Å². The van der Waals surface area contributed by atoms with Gasteiger partial charge < -0.3 is 4.89 Å². The second-order valence-electron chi connectivity index (χ2n) is 2.56. The minimum absolute atomic E-state index is 0.0436. The van der Waals surface area contributed by atoms with Gasteiger partial charge in [0.2, 0.25) is 0 Å². The van der Waals surface area contributed by atoms with E-state index in [2.05, 4.69) is 4.89 Å². The van der Waals surface area contributed by atoms with Crippen LogP contribution in [0, 0.1) is 0 Å². The van der Waals surface area contributed by atoms with Crippen LogP contribution >= 0.6 is 0 Å². The molecule has 2 N–H and O–H groups in total. The lowest BCUT2D eigenvalue weighted by Crippen LogP contribution is -2.04. The molecule has 78 valence electrons. The Morgan fingerprint density at radius 3 is 2.31 bits per heavy atom. The highest BCUT2D eigenvalue weighted by Crippen LogP contribution is 2.02. The number of unbranched alkanes of at least 4 members (excludes halogenated alkanes) is 2. The molecule has 7 heteroatoms. The highest BCUT2D eigenvalue weighted by molar-refractivity contribution is 7.85. The topological polar surface area (TPSA) is 101 Å². The average Bonchev–Trinajstić information content (AvgIpc) is 2.01. The second-order valence-corrected chi connectivity index (χ2v) is 4.13. The summed E-state index contributed by atoms with van der Waals surface area (Å²) in [5, 5.41) is 7.84. The minimum atomic E-state index is -3.90. The van der Waals surface area contributed by atoms with Gasteiger partial charge in [-0.3, -0.25) is 4.55 Å². The molecule has 0 radical (unpaired) electrons. The fraction of sp³-hybridized carbons (Fsp3) is 0.833. The number of carbonyl (C=O) groups excluding carboxylic acids is 1. The SMILES string of the molecule is O=C(CCCCCS(=O)(=O)O)OO. The molecule has 0 amide bonds. The molecule has 0 aromatic rings. The Balaban J connectivity index is 3.33. The summed E-state index contributed by atoms with van der Waals surface area (Å²) in [4.78, 5) is 13.7. The lowest BCUT2D eigenvalue weighted by Gasteiger charge is -1.97. The van der Waals surface area contributed by atoms with Crippen LogP contribution in [0.2, 0.25) is 0 Å². The van der Waals surface area contributed by atoms with Gasteiger partial charge in [-0.2, -0.15) is 13.7 Å². The molecule has 0 aliphatic carbocycles. The Morgan fingerprint density at radius 1 is 1.23 bits per heavy atom. The molecule has 0 aromatic heterocycles. The minimum Gasteiger partial charge on any atom is -0.301 e. The van der Waals surface area contributed by atoms with Crippen LogP contribution in [0.25, 0.3) is 0 Å². The summed E-state index contributed by atoms with van der Waals surface area (Å²) in [7, 11) is -3.90. The van der Waals surface area contributed by atoms with Crippen LogP contribution in [-0.2, 0) is 19.8 Å². The van der Waals surface area contributed by atoms with Gasteiger partial charge in [0.05, 0.1) is 5.75 Å². The van der Waals surface area contributed by atoms with Gasteiger partial charge in [0.15, 0.2) is 0 Å². The number of rotatable bonds is 6. The predicted octanol–water partition coefficient (Wildman–Crippen LogP) is 0.451. The molecule has 0 atom stereocenters. The first-order valence-corrected chi connectivity index (χ1v) is 5.36. The summed E-state index contributed by atoms with van der Waals surface area (Å²) < 4.78 is 28.7. The molecule has 0 aliphatic rings. The van der Waals surface area contributed by atoms with E-state index in [1.165, 1.54) is 0 Å². The molecule has 0 saturated heterocycles. The zero-order chi connectivity index (χ0) is 10.3. The quantitative estimate of drug-likeness (QED) is 0.287. The fourth-order valence-electron chi connectivity index (χ4n) is 0.776. The van der Waals surface area contributed by atoms with E-state index in [0.717, 1.165) is 0 Å². The van der Waals surface area contributed by atoms with E-state index in [9.17, 15) is 13.2 Å². The molecule has 0 spiro atoms. The lowest BCUT2D eigenvalue weighted by atomic mass is 10.2. The van der Waals surface area contributed by atoms with Gasteiger partial charge in [-0.15, -0.1) is 0 Å². The number of hydrogen-bond acceptors (Lipinski definition) is 5. The molecule has 0 bridgehead atoms. The van der Waals surface area contributed by atoms with Gasteiger partial charge in [0.25, 0.3) is 10.1 Å². The van der Waals surface area contributed by atoms with Gasteiger partial charge in [-0.05, 0) is 12.8 Å². The first kappa shape index (κ1) is 12.3. The molecule has 0 rings (SSSR count).